The lowest BCUT2D eigenvalue weighted by molar-refractivity contribution is 0.568. The fourth-order valence-electron chi connectivity index (χ4n) is 2.15. The summed E-state index contributed by atoms with van der Waals surface area (Å²) in [7, 11) is 0. The summed E-state index contributed by atoms with van der Waals surface area (Å²) in [5.41, 5.74) is 6.61. The van der Waals surface area contributed by atoms with Gasteiger partial charge in [0.2, 0.25) is 5.95 Å². The highest BCUT2D eigenvalue weighted by atomic mass is 15.3. The Morgan fingerprint density at radius 1 is 1.44 bits per heavy atom. The van der Waals surface area contributed by atoms with Crippen molar-refractivity contribution in [1.29, 1.82) is 0 Å². The van der Waals surface area contributed by atoms with Crippen LogP contribution in [0.15, 0.2) is 12.4 Å². The first-order chi connectivity index (χ1) is 7.83. The third kappa shape index (κ3) is 2.50. The van der Waals surface area contributed by atoms with Crippen LogP contribution in [0.2, 0.25) is 0 Å². The van der Waals surface area contributed by atoms with E-state index in [4.69, 9.17) is 5.73 Å². The highest BCUT2D eigenvalue weighted by molar-refractivity contribution is 5.31. The van der Waals surface area contributed by atoms with Gasteiger partial charge in [0.1, 0.15) is 0 Å². The maximum absolute atomic E-state index is 5.49. The number of nitrogens with two attached hydrogens (primary N) is 1. The lowest BCUT2D eigenvalue weighted by Gasteiger charge is -2.15. The largest absolute Gasteiger partial charge is 0.341 e. The van der Waals surface area contributed by atoms with Crippen molar-refractivity contribution >= 4 is 5.95 Å². The minimum absolute atomic E-state index is 0.657. The van der Waals surface area contributed by atoms with Gasteiger partial charge in [0.15, 0.2) is 0 Å². The molecule has 0 aromatic carbocycles. The first-order valence-corrected chi connectivity index (χ1v) is 6.09. The van der Waals surface area contributed by atoms with Gasteiger partial charge in [-0.2, -0.15) is 0 Å². The summed E-state index contributed by atoms with van der Waals surface area (Å²) < 4.78 is 0. The zero-order valence-electron chi connectivity index (χ0n) is 9.89. The standard InChI is InChI=1S/C12H20N4/c1-2-10-4-6-16(9-10)12-14-7-11(3-5-13)8-15-12/h7-8,10H,2-6,9,13H2,1H3. The van der Waals surface area contributed by atoms with Gasteiger partial charge in [-0.25, -0.2) is 9.97 Å². The summed E-state index contributed by atoms with van der Waals surface area (Å²) in [5.74, 6) is 1.68. The van der Waals surface area contributed by atoms with E-state index in [9.17, 15) is 0 Å². The molecule has 2 N–H and O–H groups in total. The summed E-state index contributed by atoms with van der Waals surface area (Å²) in [6, 6.07) is 0. The van der Waals surface area contributed by atoms with Crippen molar-refractivity contribution in [2.75, 3.05) is 24.5 Å². The smallest absolute Gasteiger partial charge is 0.225 e. The molecule has 0 saturated carbocycles. The first kappa shape index (κ1) is 11.3. The fraction of sp³-hybridized carbons (Fsp3) is 0.667. The van der Waals surface area contributed by atoms with Crippen molar-refractivity contribution in [2.45, 2.75) is 26.2 Å². The van der Waals surface area contributed by atoms with E-state index in [-0.39, 0.29) is 0 Å². The van der Waals surface area contributed by atoms with Gasteiger partial charge >= 0.3 is 0 Å². The summed E-state index contributed by atoms with van der Waals surface area (Å²) in [4.78, 5) is 11.1. The van der Waals surface area contributed by atoms with Crippen molar-refractivity contribution < 1.29 is 0 Å². The number of nitrogens with zero attached hydrogens (tertiary/aromatic N) is 3. The Balaban J connectivity index is 1.99. The van der Waals surface area contributed by atoms with Crippen molar-refractivity contribution in [2.24, 2.45) is 11.7 Å². The molecular formula is C12H20N4. The van der Waals surface area contributed by atoms with E-state index in [0.29, 0.717) is 6.54 Å². The van der Waals surface area contributed by atoms with Gasteiger partial charge in [-0.15, -0.1) is 0 Å². The molecule has 1 fully saturated rings. The van der Waals surface area contributed by atoms with Crippen molar-refractivity contribution in [3.63, 3.8) is 0 Å². The number of aromatic nitrogens is 2. The third-order valence-corrected chi connectivity index (χ3v) is 3.27. The normalized spacial score (nSPS) is 20.4. The summed E-state index contributed by atoms with van der Waals surface area (Å²) >= 11 is 0. The number of anilines is 1. The maximum Gasteiger partial charge on any atom is 0.225 e. The average Bonchev–Trinajstić information content (AvgIpc) is 2.79. The highest BCUT2D eigenvalue weighted by Gasteiger charge is 2.22. The minimum Gasteiger partial charge on any atom is -0.341 e. The first-order valence-electron chi connectivity index (χ1n) is 6.09. The summed E-state index contributed by atoms with van der Waals surface area (Å²) in [6.07, 6.45) is 7.17. The Morgan fingerprint density at radius 2 is 2.19 bits per heavy atom. The van der Waals surface area contributed by atoms with Crippen molar-refractivity contribution in [3.8, 4) is 0 Å². The molecule has 2 heterocycles. The zero-order chi connectivity index (χ0) is 11.4. The molecule has 0 aliphatic carbocycles. The molecule has 16 heavy (non-hydrogen) atoms. The lowest BCUT2D eigenvalue weighted by Crippen LogP contribution is -2.22. The van der Waals surface area contributed by atoms with Gasteiger partial charge in [-0.1, -0.05) is 13.3 Å². The van der Waals surface area contributed by atoms with Gasteiger partial charge in [-0.3, -0.25) is 0 Å². The van der Waals surface area contributed by atoms with Gasteiger partial charge in [0.25, 0.3) is 0 Å². The average molecular weight is 220 g/mol. The molecule has 4 nitrogen and oxygen atoms in total. The van der Waals surface area contributed by atoms with Crippen LogP contribution >= 0.6 is 0 Å². The van der Waals surface area contributed by atoms with E-state index in [0.717, 1.165) is 36.9 Å². The van der Waals surface area contributed by atoms with Crippen LogP contribution < -0.4 is 10.6 Å². The van der Waals surface area contributed by atoms with Crippen LogP contribution in [0.3, 0.4) is 0 Å². The second-order valence-corrected chi connectivity index (χ2v) is 4.44. The second kappa shape index (κ2) is 5.25. The molecule has 1 saturated heterocycles. The van der Waals surface area contributed by atoms with E-state index >= 15 is 0 Å². The molecule has 4 heteroatoms. The van der Waals surface area contributed by atoms with Crippen LogP contribution in [-0.2, 0) is 6.42 Å². The van der Waals surface area contributed by atoms with Gasteiger partial charge in [0, 0.05) is 25.5 Å². The zero-order valence-corrected chi connectivity index (χ0v) is 9.89. The molecule has 1 aliphatic heterocycles. The summed E-state index contributed by atoms with van der Waals surface area (Å²) in [5, 5.41) is 0. The van der Waals surface area contributed by atoms with Crippen LogP contribution in [0.4, 0.5) is 5.95 Å². The topological polar surface area (TPSA) is 55.0 Å². The Kier molecular flexibility index (Phi) is 3.72. The lowest BCUT2D eigenvalue weighted by atomic mass is 10.1. The number of hydrogen-bond acceptors (Lipinski definition) is 4. The van der Waals surface area contributed by atoms with E-state index in [1.54, 1.807) is 0 Å². The van der Waals surface area contributed by atoms with Crippen molar-refractivity contribution in [1.82, 2.24) is 9.97 Å². The fourth-order valence-corrected chi connectivity index (χ4v) is 2.15. The van der Waals surface area contributed by atoms with Crippen LogP contribution in [0.1, 0.15) is 25.3 Å². The molecule has 0 spiro atoms. The molecule has 1 aromatic rings. The summed E-state index contributed by atoms with van der Waals surface area (Å²) in [6.45, 7) is 5.10. The molecule has 0 bridgehead atoms. The van der Waals surface area contributed by atoms with E-state index < -0.39 is 0 Å². The minimum atomic E-state index is 0.657. The molecule has 2 rings (SSSR count). The van der Waals surface area contributed by atoms with E-state index in [2.05, 4.69) is 21.8 Å². The van der Waals surface area contributed by atoms with Crippen LogP contribution in [-0.4, -0.2) is 29.6 Å². The van der Waals surface area contributed by atoms with Crippen LogP contribution in [0.25, 0.3) is 0 Å². The Morgan fingerprint density at radius 3 is 2.75 bits per heavy atom. The van der Waals surface area contributed by atoms with Crippen LogP contribution in [0.5, 0.6) is 0 Å². The van der Waals surface area contributed by atoms with Crippen LogP contribution in [0, 0.1) is 5.92 Å². The maximum atomic E-state index is 5.49. The van der Waals surface area contributed by atoms with Gasteiger partial charge < -0.3 is 10.6 Å². The molecular weight excluding hydrogens is 200 g/mol. The monoisotopic (exact) mass is 220 g/mol. The van der Waals surface area contributed by atoms with Gasteiger partial charge in [0.05, 0.1) is 0 Å². The Labute approximate surface area is 96.9 Å². The van der Waals surface area contributed by atoms with E-state index in [1.807, 2.05) is 12.4 Å². The highest BCUT2D eigenvalue weighted by Crippen LogP contribution is 2.22. The predicted molar refractivity (Wildman–Crippen MR) is 65.4 cm³/mol. The Bertz CT molecular complexity index is 322. The molecule has 0 amide bonds. The molecule has 1 unspecified atom stereocenters. The molecule has 0 radical (unpaired) electrons. The molecule has 1 aromatic heterocycles. The molecule has 1 aliphatic rings. The quantitative estimate of drug-likeness (QED) is 0.828. The molecule has 88 valence electrons. The third-order valence-electron chi connectivity index (χ3n) is 3.27. The Hall–Kier alpha value is -1.16. The van der Waals surface area contributed by atoms with E-state index in [1.165, 1.54) is 12.8 Å². The second-order valence-electron chi connectivity index (χ2n) is 4.44. The van der Waals surface area contributed by atoms with Crippen molar-refractivity contribution in [3.05, 3.63) is 18.0 Å². The predicted octanol–water partition coefficient (Wildman–Crippen LogP) is 1.21. The SMILES string of the molecule is CCC1CCN(c2ncc(CCN)cn2)C1. The molecule has 1 atom stereocenters. The number of rotatable bonds is 4. The number of hydrogen-bond donors (Lipinski definition) is 1. The van der Waals surface area contributed by atoms with Gasteiger partial charge in [-0.05, 0) is 30.9 Å².